The van der Waals surface area contributed by atoms with Gasteiger partial charge in [-0.3, -0.25) is 0 Å². The molecule has 0 radical (unpaired) electrons. The Bertz CT molecular complexity index is 209. The summed E-state index contributed by atoms with van der Waals surface area (Å²) < 4.78 is 11.4. The Labute approximate surface area is 91.8 Å². The van der Waals surface area contributed by atoms with E-state index in [9.17, 15) is 5.11 Å². The van der Waals surface area contributed by atoms with Gasteiger partial charge in [-0.25, -0.2) is 0 Å². The predicted octanol–water partition coefficient (Wildman–Crippen LogP) is 1.94. The maximum absolute atomic E-state index is 9.34. The van der Waals surface area contributed by atoms with Crippen molar-refractivity contribution in [2.75, 3.05) is 19.8 Å². The molecule has 3 nitrogen and oxygen atoms in total. The molecular weight excluding hydrogens is 192 g/mol. The molecule has 0 amide bonds. The molecule has 0 unspecified atom stereocenters. The Kier molecular flexibility index (Phi) is 3.06. The molecule has 1 aliphatic carbocycles. The molecule has 0 atom stereocenters. The van der Waals surface area contributed by atoms with Gasteiger partial charge >= 0.3 is 0 Å². The zero-order chi connectivity index (χ0) is 10.9. The second-order valence-corrected chi connectivity index (χ2v) is 5.53. The van der Waals surface area contributed by atoms with Gasteiger partial charge in [-0.05, 0) is 24.2 Å². The first-order valence-electron chi connectivity index (χ1n) is 5.97. The topological polar surface area (TPSA) is 38.7 Å². The Morgan fingerprint density at radius 2 is 1.73 bits per heavy atom. The van der Waals surface area contributed by atoms with Crippen LogP contribution < -0.4 is 0 Å². The quantitative estimate of drug-likeness (QED) is 0.763. The minimum Gasteiger partial charge on any atom is -0.396 e. The van der Waals surface area contributed by atoms with Crippen LogP contribution in [-0.2, 0) is 9.47 Å². The zero-order valence-corrected chi connectivity index (χ0v) is 9.79. The molecule has 2 fully saturated rings. The van der Waals surface area contributed by atoms with Crippen LogP contribution in [0.2, 0.25) is 0 Å². The predicted molar refractivity (Wildman–Crippen MR) is 57.5 cm³/mol. The highest BCUT2D eigenvalue weighted by atomic mass is 16.7. The van der Waals surface area contributed by atoms with Gasteiger partial charge in [-0.15, -0.1) is 0 Å². The van der Waals surface area contributed by atoms with Crippen LogP contribution in [0, 0.1) is 11.3 Å². The molecule has 1 saturated heterocycles. The molecule has 1 N–H and O–H groups in total. The standard InChI is InChI=1S/C12H22O3/c1-11(2,9-13)10-3-5-12(6-4-10)14-7-8-15-12/h10,13H,3-9H2,1-2H3. The fourth-order valence-corrected chi connectivity index (χ4v) is 2.75. The molecule has 1 spiro atoms. The van der Waals surface area contributed by atoms with E-state index >= 15 is 0 Å². The lowest BCUT2D eigenvalue weighted by molar-refractivity contribution is -0.188. The monoisotopic (exact) mass is 214 g/mol. The summed E-state index contributed by atoms with van der Waals surface area (Å²) in [5, 5.41) is 9.34. The maximum atomic E-state index is 9.34. The van der Waals surface area contributed by atoms with Gasteiger partial charge in [0.2, 0.25) is 0 Å². The van der Waals surface area contributed by atoms with E-state index in [0.717, 1.165) is 38.9 Å². The van der Waals surface area contributed by atoms with Crippen LogP contribution in [0.1, 0.15) is 39.5 Å². The second kappa shape index (κ2) is 4.04. The van der Waals surface area contributed by atoms with Crippen molar-refractivity contribution in [3.63, 3.8) is 0 Å². The number of hydrogen-bond donors (Lipinski definition) is 1. The first kappa shape index (κ1) is 11.4. The number of hydrogen-bond acceptors (Lipinski definition) is 3. The van der Waals surface area contributed by atoms with Crippen molar-refractivity contribution in [1.29, 1.82) is 0 Å². The number of ether oxygens (including phenoxy) is 2. The summed E-state index contributed by atoms with van der Waals surface area (Å²) >= 11 is 0. The SMILES string of the molecule is CC(C)(CO)C1CCC2(CC1)OCCO2. The van der Waals surface area contributed by atoms with Crippen molar-refractivity contribution in [3.8, 4) is 0 Å². The molecule has 3 heteroatoms. The van der Waals surface area contributed by atoms with Crippen molar-refractivity contribution >= 4 is 0 Å². The molecular formula is C12H22O3. The van der Waals surface area contributed by atoms with Gasteiger partial charge in [0.05, 0.1) is 13.2 Å². The average Bonchev–Trinajstić information content (AvgIpc) is 2.67. The third kappa shape index (κ3) is 2.19. The highest BCUT2D eigenvalue weighted by Gasteiger charge is 2.43. The molecule has 1 aliphatic heterocycles. The van der Waals surface area contributed by atoms with Gasteiger partial charge in [0.1, 0.15) is 0 Å². The van der Waals surface area contributed by atoms with Gasteiger partial charge in [0.15, 0.2) is 5.79 Å². The maximum Gasteiger partial charge on any atom is 0.168 e. The molecule has 0 aromatic heterocycles. The van der Waals surface area contributed by atoms with E-state index in [1.165, 1.54) is 0 Å². The van der Waals surface area contributed by atoms with Crippen molar-refractivity contribution < 1.29 is 14.6 Å². The summed E-state index contributed by atoms with van der Waals surface area (Å²) in [5.74, 6) is 0.336. The summed E-state index contributed by atoms with van der Waals surface area (Å²) in [4.78, 5) is 0. The van der Waals surface area contributed by atoms with Crippen LogP contribution in [0.15, 0.2) is 0 Å². The number of rotatable bonds is 2. The van der Waals surface area contributed by atoms with E-state index in [-0.39, 0.29) is 17.8 Å². The molecule has 1 saturated carbocycles. The van der Waals surface area contributed by atoms with Crippen molar-refractivity contribution in [3.05, 3.63) is 0 Å². The molecule has 2 rings (SSSR count). The lowest BCUT2D eigenvalue weighted by Crippen LogP contribution is -2.40. The summed E-state index contributed by atoms with van der Waals surface area (Å²) in [7, 11) is 0. The molecule has 2 aliphatic rings. The Hall–Kier alpha value is -0.120. The smallest absolute Gasteiger partial charge is 0.168 e. The average molecular weight is 214 g/mol. The third-order valence-electron chi connectivity index (χ3n) is 4.07. The van der Waals surface area contributed by atoms with Gasteiger partial charge in [-0.2, -0.15) is 0 Å². The Morgan fingerprint density at radius 1 is 1.20 bits per heavy atom. The van der Waals surface area contributed by atoms with Gasteiger partial charge in [0, 0.05) is 19.4 Å². The molecule has 0 aromatic rings. The lowest BCUT2D eigenvalue weighted by Gasteiger charge is -2.41. The first-order chi connectivity index (χ1) is 7.08. The van der Waals surface area contributed by atoms with Crippen molar-refractivity contribution in [2.24, 2.45) is 11.3 Å². The minimum atomic E-state index is -0.262. The number of aliphatic hydroxyl groups is 1. The highest BCUT2D eigenvalue weighted by molar-refractivity contribution is 4.88. The van der Waals surface area contributed by atoms with Crippen molar-refractivity contribution in [2.45, 2.75) is 45.3 Å². The molecule has 88 valence electrons. The summed E-state index contributed by atoms with van der Waals surface area (Å²) in [5.41, 5.74) is 0.0419. The second-order valence-electron chi connectivity index (χ2n) is 5.53. The van der Waals surface area contributed by atoms with Crippen LogP contribution in [0.25, 0.3) is 0 Å². The van der Waals surface area contributed by atoms with Crippen molar-refractivity contribution in [1.82, 2.24) is 0 Å². The van der Waals surface area contributed by atoms with Crippen LogP contribution in [0.4, 0.5) is 0 Å². The van der Waals surface area contributed by atoms with E-state index in [4.69, 9.17) is 9.47 Å². The van der Waals surface area contributed by atoms with Crippen LogP contribution in [0.3, 0.4) is 0 Å². The molecule has 15 heavy (non-hydrogen) atoms. The largest absolute Gasteiger partial charge is 0.396 e. The Morgan fingerprint density at radius 3 is 2.20 bits per heavy atom. The van der Waals surface area contributed by atoms with E-state index in [1.54, 1.807) is 0 Å². The van der Waals surface area contributed by atoms with Crippen LogP contribution in [-0.4, -0.2) is 30.7 Å². The fourth-order valence-electron chi connectivity index (χ4n) is 2.75. The van der Waals surface area contributed by atoms with Gasteiger partial charge < -0.3 is 14.6 Å². The lowest BCUT2D eigenvalue weighted by atomic mass is 9.70. The van der Waals surface area contributed by atoms with E-state index in [2.05, 4.69) is 13.8 Å². The normalized spacial score (nSPS) is 27.4. The third-order valence-corrected chi connectivity index (χ3v) is 4.07. The summed E-state index contributed by atoms with van der Waals surface area (Å²) in [6, 6.07) is 0. The fraction of sp³-hybridized carbons (Fsp3) is 1.00. The van der Waals surface area contributed by atoms with Crippen LogP contribution >= 0.6 is 0 Å². The first-order valence-corrected chi connectivity index (χ1v) is 5.97. The van der Waals surface area contributed by atoms with Gasteiger partial charge in [-0.1, -0.05) is 13.8 Å². The van der Waals surface area contributed by atoms with E-state index < -0.39 is 0 Å². The van der Waals surface area contributed by atoms with Gasteiger partial charge in [0.25, 0.3) is 0 Å². The Balaban J connectivity index is 1.91. The van der Waals surface area contributed by atoms with E-state index in [0.29, 0.717) is 5.92 Å². The highest BCUT2D eigenvalue weighted by Crippen LogP contribution is 2.44. The summed E-state index contributed by atoms with van der Waals surface area (Å²) in [6.07, 6.45) is 4.18. The molecule has 1 heterocycles. The molecule has 0 aromatic carbocycles. The minimum absolute atomic E-state index is 0.0419. The summed E-state index contributed by atoms with van der Waals surface area (Å²) in [6.45, 7) is 6.05. The van der Waals surface area contributed by atoms with Crippen LogP contribution in [0.5, 0.6) is 0 Å². The van der Waals surface area contributed by atoms with E-state index in [1.807, 2.05) is 0 Å². The molecule has 0 bridgehead atoms. The number of aliphatic hydroxyl groups excluding tert-OH is 1. The zero-order valence-electron chi connectivity index (χ0n) is 9.79.